The van der Waals surface area contributed by atoms with Crippen molar-refractivity contribution < 1.29 is 77.3 Å². The van der Waals surface area contributed by atoms with E-state index in [4.69, 9.17) is 9.47 Å². The van der Waals surface area contributed by atoms with Crippen LogP contribution in [0.15, 0.2) is 48.5 Å². The van der Waals surface area contributed by atoms with Gasteiger partial charge in [-0.3, -0.25) is 4.79 Å². The summed E-state index contributed by atoms with van der Waals surface area (Å²) < 4.78 is 10.7. The Hall–Kier alpha value is -0.815. The van der Waals surface area contributed by atoms with Crippen molar-refractivity contribution in [3.8, 4) is 11.5 Å². The minimum atomic E-state index is -0.453. The molecule has 0 N–H and O–H groups in total. The second-order valence-corrected chi connectivity index (χ2v) is 6.53. The van der Waals surface area contributed by atoms with E-state index in [2.05, 4.69) is 13.0 Å². The van der Waals surface area contributed by atoms with Crippen LogP contribution in [-0.2, 0) is 4.79 Å². The maximum atomic E-state index is 12.2. The molecule has 0 saturated heterocycles. The Morgan fingerprint density at radius 3 is 2.08 bits per heavy atom. The molecule has 0 spiro atoms. The molecule has 0 aliphatic heterocycles. The molecule has 2 aromatic rings. The number of rotatable bonds is 4. The monoisotopic (exact) mass is 422 g/mol. The minimum Gasteiger partial charge on any atom is -0.450 e. The molecule has 5 heteroatoms. The zero-order valence-electron chi connectivity index (χ0n) is 15.2. The van der Waals surface area contributed by atoms with Gasteiger partial charge in [-0.15, -0.1) is 12.1 Å². The Labute approximate surface area is 203 Å². The molecule has 0 bridgehead atoms. The maximum absolute atomic E-state index is 12.2. The molecule has 1 fully saturated rings. The summed E-state index contributed by atoms with van der Waals surface area (Å²) in [6.45, 7) is 2.22. The van der Waals surface area contributed by atoms with E-state index in [1.54, 1.807) is 48.5 Å². The molecule has 0 amide bonds. The zero-order chi connectivity index (χ0) is 17.6. The van der Waals surface area contributed by atoms with Crippen molar-refractivity contribution >= 4 is 11.9 Å². The van der Waals surface area contributed by atoms with Gasteiger partial charge < -0.3 is 9.47 Å². The topological polar surface area (TPSA) is 52.6 Å². The van der Waals surface area contributed by atoms with Crippen LogP contribution >= 0.6 is 0 Å². The first kappa shape index (κ1) is 21.5. The fourth-order valence-electron chi connectivity index (χ4n) is 2.96. The first-order valence-corrected chi connectivity index (χ1v) is 8.62. The third-order valence-electron chi connectivity index (χ3n) is 4.56. The first-order chi connectivity index (χ1) is 12.1. The van der Waals surface area contributed by atoms with E-state index in [0.717, 1.165) is 25.7 Å². The van der Waals surface area contributed by atoms with Gasteiger partial charge in [-0.1, -0.05) is 6.92 Å². The van der Waals surface area contributed by atoms with Gasteiger partial charge >= 0.3 is 70.1 Å². The number of benzene rings is 2. The van der Waals surface area contributed by atoms with Gasteiger partial charge in [0.25, 0.3) is 0 Å². The first-order valence-electron chi connectivity index (χ1n) is 8.62. The third-order valence-corrected chi connectivity index (χ3v) is 4.56. The quantitative estimate of drug-likeness (QED) is 0.425. The molecule has 0 unspecified atom stereocenters. The van der Waals surface area contributed by atoms with Gasteiger partial charge in [-0.05, 0) is 55.9 Å². The standard InChI is InChI=1S/C21H21O4.Rb/c1-15-7-9-16(10-8-15)20(22)25-19-13-11-17(12-14-19)21(23)24-18-5-3-2-4-6-18;/h3-6,11-16H,7-10H2,1H3;/q-1;+1. The zero-order valence-corrected chi connectivity index (χ0v) is 20.2. The van der Waals surface area contributed by atoms with Crippen molar-refractivity contribution in [2.24, 2.45) is 11.8 Å². The summed E-state index contributed by atoms with van der Waals surface area (Å²) in [5, 5.41) is 0. The van der Waals surface area contributed by atoms with E-state index in [1.165, 1.54) is 0 Å². The van der Waals surface area contributed by atoms with E-state index in [9.17, 15) is 9.59 Å². The Kier molecular flexibility index (Phi) is 8.68. The van der Waals surface area contributed by atoms with Crippen LogP contribution in [0.3, 0.4) is 0 Å². The number of hydrogen-bond donors (Lipinski definition) is 0. The van der Waals surface area contributed by atoms with Crippen LogP contribution in [0.5, 0.6) is 11.5 Å². The number of hydrogen-bond acceptors (Lipinski definition) is 4. The Morgan fingerprint density at radius 2 is 1.46 bits per heavy atom. The fourth-order valence-corrected chi connectivity index (χ4v) is 2.96. The van der Waals surface area contributed by atoms with Crippen LogP contribution in [0.25, 0.3) is 0 Å². The molecule has 0 aromatic heterocycles. The number of esters is 2. The smallest absolute Gasteiger partial charge is 0.450 e. The van der Waals surface area contributed by atoms with E-state index in [1.807, 2.05) is 0 Å². The van der Waals surface area contributed by atoms with Crippen molar-refractivity contribution in [2.45, 2.75) is 32.6 Å². The molecule has 0 heterocycles. The van der Waals surface area contributed by atoms with Gasteiger partial charge in [0.05, 0.1) is 11.5 Å². The molecule has 0 atom stereocenters. The number of carbonyl (C=O) groups is 2. The van der Waals surface area contributed by atoms with Gasteiger partial charge in [-0.2, -0.15) is 18.2 Å². The van der Waals surface area contributed by atoms with E-state index in [0.29, 0.717) is 23.0 Å². The molecule has 130 valence electrons. The normalized spacial score (nSPS) is 19.1. The fraction of sp³-hybridized carbons (Fsp3) is 0.333. The molecule has 1 saturated carbocycles. The molecule has 4 nitrogen and oxygen atoms in total. The van der Waals surface area contributed by atoms with Crippen molar-refractivity contribution in [3.05, 3.63) is 60.2 Å². The van der Waals surface area contributed by atoms with Crippen LogP contribution in [-0.4, -0.2) is 11.9 Å². The second-order valence-electron chi connectivity index (χ2n) is 6.53. The molecule has 26 heavy (non-hydrogen) atoms. The molecule has 3 rings (SSSR count). The summed E-state index contributed by atoms with van der Waals surface area (Å²) in [6.07, 6.45) is 3.92. The Balaban J connectivity index is 0.00000243. The Bertz CT molecular complexity index is 719. The Morgan fingerprint density at radius 1 is 0.885 bits per heavy atom. The average molecular weight is 423 g/mol. The van der Waals surface area contributed by atoms with Gasteiger partial charge in [0.1, 0.15) is 5.75 Å². The van der Waals surface area contributed by atoms with Gasteiger partial charge in [0.2, 0.25) is 0 Å². The molecule has 1 aliphatic carbocycles. The van der Waals surface area contributed by atoms with Crippen LogP contribution < -0.4 is 67.7 Å². The minimum absolute atomic E-state index is 0. The van der Waals surface area contributed by atoms with E-state index in [-0.39, 0.29) is 70.1 Å². The summed E-state index contributed by atoms with van der Waals surface area (Å²) in [4.78, 5) is 24.3. The SMILES string of the molecule is CC1CCC(C(=O)Oc2ccc(C(=O)Oc3cc[c-]cc3)cc2)CC1.[Rb+]. The summed E-state index contributed by atoms with van der Waals surface area (Å²) in [7, 11) is 0. The number of ether oxygens (including phenoxy) is 2. The summed E-state index contributed by atoms with van der Waals surface area (Å²) in [6, 6.07) is 16.0. The van der Waals surface area contributed by atoms with Gasteiger partial charge in [-0.25, -0.2) is 4.79 Å². The molecule has 0 radical (unpaired) electrons. The second kappa shape index (κ2) is 10.5. The van der Waals surface area contributed by atoms with Gasteiger partial charge in [0, 0.05) is 5.75 Å². The van der Waals surface area contributed by atoms with Crippen LogP contribution in [0, 0.1) is 17.9 Å². The van der Waals surface area contributed by atoms with Crippen molar-refractivity contribution in [1.82, 2.24) is 0 Å². The third kappa shape index (κ3) is 6.12. The van der Waals surface area contributed by atoms with Crippen LogP contribution in [0.1, 0.15) is 43.0 Å². The van der Waals surface area contributed by atoms with Gasteiger partial charge in [0.15, 0.2) is 0 Å². The summed E-state index contributed by atoms with van der Waals surface area (Å²) >= 11 is 0. The molecule has 1 aliphatic rings. The maximum Gasteiger partial charge on any atom is 1.00 e. The summed E-state index contributed by atoms with van der Waals surface area (Å²) in [5.41, 5.74) is 0.402. The molecular formula is C21H21O4Rb. The molecule has 2 aromatic carbocycles. The van der Waals surface area contributed by atoms with Crippen molar-refractivity contribution in [1.29, 1.82) is 0 Å². The summed E-state index contributed by atoms with van der Waals surface area (Å²) in [5.74, 6) is 0.959. The molecular weight excluding hydrogens is 402 g/mol. The van der Waals surface area contributed by atoms with Crippen molar-refractivity contribution in [2.75, 3.05) is 0 Å². The average Bonchev–Trinajstić information content (AvgIpc) is 2.63. The van der Waals surface area contributed by atoms with Crippen molar-refractivity contribution in [3.63, 3.8) is 0 Å². The number of carbonyl (C=O) groups excluding carboxylic acids is 2. The van der Waals surface area contributed by atoms with Crippen LogP contribution in [0.4, 0.5) is 0 Å². The predicted octanol–water partition coefficient (Wildman–Crippen LogP) is 1.44. The van der Waals surface area contributed by atoms with E-state index >= 15 is 0 Å². The van der Waals surface area contributed by atoms with E-state index < -0.39 is 5.97 Å². The largest absolute Gasteiger partial charge is 1.00 e. The predicted molar refractivity (Wildman–Crippen MR) is 93.4 cm³/mol. The van der Waals surface area contributed by atoms with Crippen LogP contribution in [0.2, 0.25) is 0 Å².